The van der Waals surface area contributed by atoms with Crippen molar-refractivity contribution in [3.8, 4) is 0 Å². The fourth-order valence-electron chi connectivity index (χ4n) is 2.51. The van der Waals surface area contributed by atoms with E-state index in [2.05, 4.69) is 17.6 Å². The zero-order chi connectivity index (χ0) is 13.4. The normalized spacial score (nSPS) is 20.8. The molecule has 1 fully saturated rings. The second-order valence-corrected chi connectivity index (χ2v) is 5.97. The molecule has 1 atom stereocenters. The van der Waals surface area contributed by atoms with E-state index in [0.717, 1.165) is 6.54 Å². The molecule has 106 valence electrons. The summed E-state index contributed by atoms with van der Waals surface area (Å²) in [5.74, 6) is 0. The minimum Gasteiger partial charge on any atom is -0.393 e. The van der Waals surface area contributed by atoms with Crippen LogP contribution in [0, 0.1) is 5.41 Å². The SMILES string of the molecule is CC(O)CCNC(=O)NCC1(C)CCCCCC1. The van der Waals surface area contributed by atoms with Crippen LogP contribution in [-0.2, 0) is 0 Å². The van der Waals surface area contributed by atoms with Gasteiger partial charge in [-0.2, -0.15) is 0 Å². The van der Waals surface area contributed by atoms with Gasteiger partial charge < -0.3 is 15.7 Å². The van der Waals surface area contributed by atoms with Crippen molar-refractivity contribution in [1.82, 2.24) is 10.6 Å². The van der Waals surface area contributed by atoms with E-state index in [1.165, 1.54) is 38.5 Å². The average Bonchev–Trinajstić information content (AvgIpc) is 2.52. The van der Waals surface area contributed by atoms with Crippen LogP contribution in [0.2, 0.25) is 0 Å². The Balaban J connectivity index is 2.19. The molecule has 4 heteroatoms. The van der Waals surface area contributed by atoms with E-state index < -0.39 is 0 Å². The summed E-state index contributed by atoms with van der Waals surface area (Å²) in [6, 6.07) is -0.110. The van der Waals surface area contributed by atoms with Crippen LogP contribution in [0.25, 0.3) is 0 Å². The van der Waals surface area contributed by atoms with Crippen LogP contribution in [0.15, 0.2) is 0 Å². The Kier molecular flexibility index (Phi) is 6.47. The van der Waals surface area contributed by atoms with Crippen molar-refractivity contribution in [2.24, 2.45) is 5.41 Å². The van der Waals surface area contributed by atoms with Crippen molar-refractivity contribution in [1.29, 1.82) is 0 Å². The van der Waals surface area contributed by atoms with Gasteiger partial charge in [0.05, 0.1) is 6.10 Å². The van der Waals surface area contributed by atoms with Gasteiger partial charge in [-0.15, -0.1) is 0 Å². The van der Waals surface area contributed by atoms with Crippen LogP contribution >= 0.6 is 0 Å². The predicted molar refractivity (Wildman–Crippen MR) is 73.5 cm³/mol. The topological polar surface area (TPSA) is 61.4 Å². The molecule has 1 unspecified atom stereocenters. The molecule has 3 N–H and O–H groups in total. The number of nitrogens with one attached hydrogen (secondary N) is 2. The van der Waals surface area contributed by atoms with Gasteiger partial charge in [-0.05, 0) is 31.6 Å². The van der Waals surface area contributed by atoms with E-state index >= 15 is 0 Å². The maximum atomic E-state index is 11.6. The number of carbonyl (C=O) groups excluding carboxylic acids is 1. The van der Waals surface area contributed by atoms with Gasteiger partial charge in [0.15, 0.2) is 0 Å². The number of urea groups is 1. The zero-order valence-corrected chi connectivity index (χ0v) is 11.8. The van der Waals surface area contributed by atoms with Gasteiger partial charge >= 0.3 is 6.03 Å². The van der Waals surface area contributed by atoms with Crippen molar-refractivity contribution in [2.45, 2.75) is 64.9 Å². The lowest BCUT2D eigenvalue weighted by atomic mass is 9.82. The van der Waals surface area contributed by atoms with Crippen molar-refractivity contribution < 1.29 is 9.90 Å². The van der Waals surface area contributed by atoms with Gasteiger partial charge in [-0.25, -0.2) is 4.79 Å². The molecule has 18 heavy (non-hydrogen) atoms. The predicted octanol–water partition coefficient (Wildman–Crippen LogP) is 2.42. The summed E-state index contributed by atoms with van der Waals surface area (Å²) in [7, 11) is 0. The number of hydrogen-bond donors (Lipinski definition) is 3. The molecule has 0 heterocycles. The molecule has 0 aromatic carbocycles. The molecule has 1 rings (SSSR count). The highest BCUT2D eigenvalue weighted by atomic mass is 16.3. The average molecular weight is 256 g/mol. The third kappa shape index (κ3) is 6.24. The highest BCUT2D eigenvalue weighted by Gasteiger charge is 2.25. The van der Waals surface area contributed by atoms with Gasteiger partial charge in [0, 0.05) is 13.1 Å². The number of aliphatic hydroxyl groups excluding tert-OH is 1. The summed E-state index contributed by atoms with van der Waals surface area (Å²) in [5.41, 5.74) is 0.262. The molecule has 0 aromatic heterocycles. The Hall–Kier alpha value is -0.770. The maximum Gasteiger partial charge on any atom is 0.314 e. The number of aliphatic hydroxyl groups is 1. The van der Waals surface area contributed by atoms with Crippen molar-refractivity contribution >= 4 is 6.03 Å². The smallest absolute Gasteiger partial charge is 0.314 e. The maximum absolute atomic E-state index is 11.6. The third-order valence-electron chi connectivity index (χ3n) is 3.83. The van der Waals surface area contributed by atoms with Crippen LogP contribution in [-0.4, -0.2) is 30.3 Å². The van der Waals surface area contributed by atoms with Crippen LogP contribution < -0.4 is 10.6 Å². The quantitative estimate of drug-likeness (QED) is 0.662. The summed E-state index contributed by atoms with van der Waals surface area (Å²) in [5, 5.41) is 14.8. The monoisotopic (exact) mass is 256 g/mol. The Labute approximate surface area is 111 Å². The standard InChI is InChI=1S/C14H28N2O2/c1-12(17)7-10-15-13(18)16-11-14(2)8-5-3-4-6-9-14/h12,17H,3-11H2,1-2H3,(H2,15,16,18). The Morgan fingerprint density at radius 1 is 1.22 bits per heavy atom. The Bertz CT molecular complexity index is 246. The lowest BCUT2D eigenvalue weighted by molar-refractivity contribution is 0.182. The highest BCUT2D eigenvalue weighted by Crippen LogP contribution is 2.33. The first kappa shape index (κ1) is 15.3. The van der Waals surface area contributed by atoms with E-state index in [4.69, 9.17) is 5.11 Å². The van der Waals surface area contributed by atoms with E-state index in [-0.39, 0.29) is 17.6 Å². The number of carbonyl (C=O) groups is 1. The summed E-state index contributed by atoms with van der Waals surface area (Å²) in [4.78, 5) is 11.6. The largest absolute Gasteiger partial charge is 0.393 e. The molecule has 0 radical (unpaired) electrons. The Morgan fingerprint density at radius 3 is 2.39 bits per heavy atom. The lowest BCUT2D eigenvalue weighted by Crippen LogP contribution is -2.42. The minimum absolute atomic E-state index is 0.110. The van der Waals surface area contributed by atoms with Crippen LogP contribution in [0.1, 0.15) is 58.8 Å². The molecular weight excluding hydrogens is 228 g/mol. The number of amides is 2. The highest BCUT2D eigenvalue weighted by molar-refractivity contribution is 5.73. The first-order chi connectivity index (χ1) is 8.52. The Morgan fingerprint density at radius 2 is 1.83 bits per heavy atom. The first-order valence-electron chi connectivity index (χ1n) is 7.22. The molecule has 1 aliphatic rings. The van der Waals surface area contributed by atoms with E-state index in [1.807, 2.05) is 0 Å². The van der Waals surface area contributed by atoms with Gasteiger partial charge in [-0.1, -0.05) is 32.6 Å². The van der Waals surface area contributed by atoms with Crippen LogP contribution in [0.3, 0.4) is 0 Å². The second-order valence-electron chi connectivity index (χ2n) is 5.97. The van der Waals surface area contributed by atoms with E-state index in [0.29, 0.717) is 13.0 Å². The molecule has 4 nitrogen and oxygen atoms in total. The van der Waals surface area contributed by atoms with Crippen LogP contribution in [0.5, 0.6) is 0 Å². The fraction of sp³-hybridized carbons (Fsp3) is 0.929. The van der Waals surface area contributed by atoms with Crippen molar-refractivity contribution in [3.63, 3.8) is 0 Å². The summed E-state index contributed by atoms with van der Waals surface area (Å²) < 4.78 is 0. The number of hydrogen-bond acceptors (Lipinski definition) is 2. The molecule has 2 amide bonds. The summed E-state index contributed by atoms with van der Waals surface area (Å²) in [6.07, 6.45) is 7.88. The summed E-state index contributed by atoms with van der Waals surface area (Å²) >= 11 is 0. The van der Waals surface area contributed by atoms with Crippen LogP contribution in [0.4, 0.5) is 4.79 Å². The van der Waals surface area contributed by atoms with Gasteiger partial charge in [0.1, 0.15) is 0 Å². The lowest BCUT2D eigenvalue weighted by Gasteiger charge is -2.28. The minimum atomic E-state index is -0.357. The number of rotatable bonds is 5. The molecule has 0 saturated heterocycles. The van der Waals surface area contributed by atoms with Gasteiger partial charge in [-0.3, -0.25) is 0 Å². The molecule has 0 bridgehead atoms. The fourth-order valence-corrected chi connectivity index (χ4v) is 2.51. The molecular formula is C14H28N2O2. The summed E-state index contributed by atoms with van der Waals surface area (Å²) in [6.45, 7) is 5.29. The van der Waals surface area contributed by atoms with E-state index in [1.54, 1.807) is 6.92 Å². The first-order valence-corrected chi connectivity index (χ1v) is 7.22. The molecule has 0 aliphatic heterocycles. The van der Waals surface area contributed by atoms with E-state index in [9.17, 15) is 4.79 Å². The molecule has 1 saturated carbocycles. The third-order valence-corrected chi connectivity index (χ3v) is 3.83. The second kappa shape index (κ2) is 7.62. The molecule has 0 aromatic rings. The van der Waals surface area contributed by atoms with Crippen molar-refractivity contribution in [3.05, 3.63) is 0 Å². The zero-order valence-electron chi connectivity index (χ0n) is 11.8. The molecule has 1 aliphatic carbocycles. The van der Waals surface area contributed by atoms with Gasteiger partial charge in [0.2, 0.25) is 0 Å². The van der Waals surface area contributed by atoms with Gasteiger partial charge in [0.25, 0.3) is 0 Å². The molecule has 0 spiro atoms. The van der Waals surface area contributed by atoms with Crippen molar-refractivity contribution in [2.75, 3.05) is 13.1 Å².